The molecule has 0 radical (unpaired) electrons. The van der Waals surface area contributed by atoms with Crippen molar-refractivity contribution in [1.82, 2.24) is 4.90 Å². The first-order valence-corrected chi connectivity index (χ1v) is 3.12. The largest absolute Gasteiger partial charge is 0.480 e. The van der Waals surface area contributed by atoms with E-state index >= 15 is 0 Å². The molecule has 0 spiro atoms. The molecule has 12 heavy (non-hydrogen) atoms. The molecule has 0 rings (SSSR count). The summed E-state index contributed by atoms with van der Waals surface area (Å²) in [6.07, 6.45) is 0.972. The summed E-state index contributed by atoms with van der Waals surface area (Å²) in [7, 11) is 0. The molecule has 0 unspecified atom stereocenters. The number of carbonyl (C=O) groups is 2. The molecule has 5 heteroatoms. The highest BCUT2D eigenvalue weighted by Crippen LogP contribution is 1.89. The zero-order valence-corrected chi connectivity index (χ0v) is 6.36. The lowest BCUT2D eigenvalue weighted by molar-refractivity contribution is -0.142. The number of aliphatic carboxylic acids is 1. The van der Waals surface area contributed by atoms with E-state index in [1.807, 2.05) is 0 Å². The quantitative estimate of drug-likeness (QED) is 0.457. The molecule has 0 aromatic rings. The Morgan fingerprint density at radius 2 is 2.25 bits per heavy atom. The van der Waals surface area contributed by atoms with Crippen LogP contribution in [-0.2, 0) is 9.59 Å². The first-order chi connectivity index (χ1) is 5.61. The lowest BCUT2D eigenvalue weighted by Crippen LogP contribution is -2.34. The maximum Gasteiger partial charge on any atom is 0.323 e. The van der Waals surface area contributed by atoms with Gasteiger partial charge in [0, 0.05) is 0 Å². The van der Waals surface area contributed by atoms with Gasteiger partial charge in [0.25, 0.3) is 0 Å². The minimum absolute atomic E-state index is 0.239. The molecule has 0 aliphatic heterocycles. The van der Waals surface area contributed by atoms with E-state index in [0.29, 0.717) is 0 Å². The number of hydrogen-bond donors (Lipinski definition) is 1. The Hall–Kier alpha value is -1.83. The Morgan fingerprint density at radius 1 is 1.67 bits per heavy atom. The Kier molecular flexibility index (Phi) is 4.16. The molecule has 0 atom stereocenters. The number of nitriles is 1. The first kappa shape index (κ1) is 10.2. The Balaban J connectivity index is 4.23. The minimum atomic E-state index is -1.15. The molecule has 0 aliphatic rings. The smallest absolute Gasteiger partial charge is 0.323 e. The maximum absolute atomic E-state index is 10.8. The van der Waals surface area contributed by atoms with E-state index in [1.54, 1.807) is 6.07 Å². The number of carbonyl (C=O) groups excluding carboxylic acids is 1. The number of carboxylic acid groups (broad SMARTS) is 1. The number of carboxylic acids is 1. The summed E-state index contributed by atoms with van der Waals surface area (Å²) in [5.41, 5.74) is 0. The zero-order valence-electron chi connectivity index (χ0n) is 6.36. The highest BCUT2D eigenvalue weighted by Gasteiger charge is 2.12. The van der Waals surface area contributed by atoms with E-state index in [2.05, 4.69) is 6.58 Å². The number of rotatable bonds is 4. The van der Waals surface area contributed by atoms with E-state index in [-0.39, 0.29) is 6.54 Å². The van der Waals surface area contributed by atoms with Crippen LogP contribution in [0.15, 0.2) is 12.7 Å². The van der Waals surface area contributed by atoms with E-state index in [0.717, 1.165) is 11.0 Å². The van der Waals surface area contributed by atoms with Gasteiger partial charge in [-0.1, -0.05) is 6.58 Å². The number of nitrogens with zero attached hydrogens (tertiary/aromatic N) is 2. The number of hydrogen-bond acceptors (Lipinski definition) is 3. The lowest BCUT2D eigenvalue weighted by atomic mass is 10.4. The second-order valence-electron chi connectivity index (χ2n) is 1.95. The van der Waals surface area contributed by atoms with Gasteiger partial charge in [-0.15, -0.1) is 0 Å². The second-order valence-corrected chi connectivity index (χ2v) is 1.95. The monoisotopic (exact) mass is 168 g/mol. The third kappa shape index (κ3) is 3.37. The van der Waals surface area contributed by atoms with Crippen LogP contribution in [0.4, 0.5) is 0 Å². The standard InChI is InChI=1S/C7H8N2O3/c1-2-6(10)9(4-3-8)5-7(11)12/h2H,1,4-5H2,(H,11,12). The predicted molar refractivity (Wildman–Crippen MR) is 40.0 cm³/mol. The third-order valence-corrected chi connectivity index (χ3v) is 1.07. The van der Waals surface area contributed by atoms with Gasteiger partial charge in [0.1, 0.15) is 13.1 Å². The molecule has 0 aromatic heterocycles. The van der Waals surface area contributed by atoms with Crippen LogP contribution in [0.2, 0.25) is 0 Å². The highest BCUT2D eigenvalue weighted by molar-refractivity contribution is 5.89. The van der Waals surface area contributed by atoms with Crippen molar-refractivity contribution < 1.29 is 14.7 Å². The van der Waals surface area contributed by atoms with Crippen LogP contribution in [0.3, 0.4) is 0 Å². The molecule has 5 nitrogen and oxygen atoms in total. The SMILES string of the molecule is C=CC(=O)N(CC#N)CC(=O)O. The van der Waals surface area contributed by atoms with Crippen molar-refractivity contribution in [2.24, 2.45) is 0 Å². The van der Waals surface area contributed by atoms with Crippen LogP contribution in [0.5, 0.6) is 0 Å². The van der Waals surface area contributed by atoms with E-state index < -0.39 is 18.4 Å². The van der Waals surface area contributed by atoms with E-state index in [4.69, 9.17) is 10.4 Å². The van der Waals surface area contributed by atoms with Crippen molar-refractivity contribution in [2.45, 2.75) is 0 Å². The summed E-state index contributed by atoms with van der Waals surface area (Å²) in [5, 5.41) is 16.5. The van der Waals surface area contributed by atoms with Crippen LogP contribution >= 0.6 is 0 Å². The maximum atomic E-state index is 10.8. The van der Waals surface area contributed by atoms with Crippen molar-refractivity contribution in [3.8, 4) is 6.07 Å². The summed E-state index contributed by atoms with van der Waals surface area (Å²) < 4.78 is 0. The molecular formula is C7H8N2O3. The molecule has 0 aliphatic carbocycles. The molecule has 0 fully saturated rings. The van der Waals surface area contributed by atoms with Crippen LogP contribution in [0.1, 0.15) is 0 Å². The Bertz CT molecular complexity index is 242. The summed E-state index contributed by atoms with van der Waals surface area (Å²) in [4.78, 5) is 21.9. The normalized spacial score (nSPS) is 8.25. The van der Waals surface area contributed by atoms with Gasteiger partial charge in [0.05, 0.1) is 6.07 Å². The van der Waals surface area contributed by atoms with Crippen molar-refractivity contribution in [3.05, 3.63) is 12.7 Å². The molecule has 0 saturated carbocycles. The molecular weight excluding hydrogens is 160 g/mol. The topological polar surface area (TPSA) is 81.4 Å². The molecule has 64 valence electrons. The molecule has 0 heterocycles. The average molecular weight is 168 g/mol. The van der Waals surface area contributed by atoms with Crippen molar-refractivity contribution in [2.75, 3.05) is 13.1 Å². The fourth-order valence-electron chi connectivity index (χ4n) is 0.589. The fraction of sp³-hybridized carbons (Fsp3) is 0.286. The Morgan fingerprint density at radius 3 is 2.58 bits per heavy atom. The van der Waals surface area contributed by atoms with Crippen molar-refractivity contribution in [3.63, 3.8) is 0 Å². The van der Waals surface area contributed by atoms with Crippen LogP contribution in [-0.4, -0.2) is 35.0 Å². The molecule has 0 saturated heterocycles. The van der Waals surface area contributed by atoms with Gasteiger partial charge < -0.3 is 10.0 Å². The van der Waals surface area contributed by atoms with E-state index in [9.17, 15) is 9.59 Å². The van der Waals surface area contributed by atoms with Gasteiger partial charge in [-0.05, 0) is 6.08 Å². The molecule has 0 bridgehead atoms. The second kappa shape index (κ2) is 4.91. The van der Waals surface area contributed by atoms with Crippen LogP contribution in [0.25, 0.3) is 0 Å². The Labute approximate surface area is 69.5 Å². The summed E-state index contributed by atoms with van der Waals surface area (Å²) in [6, 6.07) is 1.68. The predicted octanol–water partition coefficient (Wildman–Crippen LogP) is -0.391. The summed E-state index contributed by atoms with van der Waals surface area (Å²) in [5.74, 6) is -1.71. The van der Waals surface area contributed by atoms with Gasteiger partial charge in [0.15, 0.2) is 0 Å². The number of amides is 1. The zero-order chi connectivity index (χ0) is 9.56. The van der Waals surface area contributed by atoms with Gasteiger partial charge in [-0.2, -0.15) is 5.26 Å². The molecule has 0 aromatic carbocycles. The molecule has 1 amide bonds. The minimum Gasteiger partial charge on any atom is -0.480 e. The summed E-state index contributed by atoms with van der Waals surface area (Å²) in [6.45, 7) is 2.46. The lowest BCUT2D eigenvalue weighted by Gasteiger charge is -2.13. The third-order valence-electron chi connectivity index (χ3n) is 1.07. The van der Waals surface area contributed by atoms with Gasteiger partial charge in [-0.25, -0.2) is 0 Å². The van der Waals surface area contributed by atoms with Gasteiger partial charge >= 0.3 is 5.97 Å². The van der Waals surface area contributed by atoms with E-state index in [1.165, 1.54) is 0 Å². The molecule has 1 N–H and O–H groups in total. The summed E-state index contributed by atoms with van der Waals surface area (Å²) >= 11 is 0. The van der Waals surface area contributed by atoms with Gasteiger partial charge in [-0.3, -0.25) is 9.59 Å². The average Bonchev–Trinajstić information content (AvgIpc) is 2.01. The highest BCUT2D eigenvalue weighted by atomic mass is 16.4. The van der Waals surface area contributed by atoms with Crippen LogP contribution in [0, 0.1) is 11.3 Å². The van der Waals surface area contributed by atoms with Crippen molar-refractivity contribution in [1.29, 1.82) is 5.26 Å². The fourth-order valence-corrected chi connectivity index (χ4v) is 0.589. The first-order valence-electron chi connectivity index (χ1n) is 3.12. The van der Waals surface area contributed by atoms with Gasteiger partial charge in [0.2, 0.25) is 5.91 Å². The van der Waals surface area contributed by atoms with Crippen LogP contribution < -0.4 is 0 Å². The van der Waals surface area contributed by atoms with Crippen molar-refractivity contribution >= 4 is 11.9 Å².